The van der Waals surface area contributed by atoms with Gasteiger partial charge in [-0.15, -0.1) is 10.2 Å². The molecule has 2 heterocycles. The number of methoxy groups -OCH3 is 1. The summed E-state index contributed by atoms with van der Waals surface area (Å²) in [6.45, 7) is 4.05. The number of hydrogen-bond acceptors (Lipinski definition) is 6. The molecule has 0 radical (unpaired) electrons. The molecule has 28 heavy (non-hydrogen) atoms. The van der Waals surface area contributed by atoms with Crippen LogP contribution in [0.15, 0.2) is 24.3 Å². The van der Waals surface area contributed by atoms with Crippen LogP contribution in [0.4, 0.5) is 10.5 Å². The molecule has 0 saturated carbocycles. The minimum atomic E-state index is -0.290. The average molecular weight is 404 g/mol. The first-order valence-electron chi connectivity index (χ1n) is 9.42. The van der Waals surface area contributed by atoms with E-state index < -0.39 is 0 Å². The van der Waals surface area contributed by atoms with Crippen LogP contribution in [0.25, 0.3) is 0 Å². The van der Waals surface area contributed by atoms with Crippen molar-refractivity contribution < 1.29 is 14.3 Å². The van der Waals surface area contributed by atoms with Gasteiger partial charge >= 0.3 is 6.03 Å². The fourth-order valence-electron chi connectivity index (χ4n) is 3.06. The Bertz CT molecular complexity index is 808. The topological polar surface area (TPSA) is 96.5 Å². The first kappa shape index (κ1) is 20.1. The Kier molecular flexibility index (Phi) is 6.80. The van der Waals surface area contributed by atoms with Crippen LogP contribution in [0.3, 0.4) is 0 Å². The van der Waals surface area contributed by atoms with Gasteiger partial charge in [-0.2, -0.15) is 0 Å². The van der Waals surface area contributed by atoms with Crippen LogP contribution in [0.2, 0.25) is 0 Å². The number of carbonyl (C=O) groups is 2. The molecule has 1 saturated heterocycles. The Morgan fingerprint density at radius 2 is 2.07 bits per heavy atom. The SMILES string of the molecule is CCCNC(=O)N1CCC[C@H](c2nnc(C(=O)Nc3ccc(OC)cc3)s2)C1. The molecule has 1 aromatic heterocycles. The number of ether oxygens (including phenoxy) is 1. The molecule has 1 aromatic carbocycles. The minimum Gasteiger partial charge on any atom is -0.497 e. The van der Waals surface area contributed by atoms with Gasteiger partial charge in [0.25, 0.3) is 5.91 Å². The molecular formula is C19H25N5O3S. The predicted octanol–water partition coefficient (Wildman–Crippen LogP) is 3.10. The van der Waals surface area contributed by atoms with Gasteiger partial charge in [-0.3, -0.25) is 4.79 Å². The van der Waals surface area contributed by atoms with Crippen molar-refractivity contribution in [3.05, 3.63) is 34.3 Å². The number of urea groups is 1. The molecule has 150 valence electrons. The summed E-state index contributed by atoms with van der Waals surface area (Å²) in [7, 11) is 1.59. The highest BCUT2D eigenvalue weighted by atomic mass is 32.1. The summed E-state index contributed by atoms with van der Waals surface area (Å²) in [5.74, 6) is 0.546. The zero-order chi connectivity index (χ0) is 19.9. The lowest BCUT2D eigenvalue weighted by Crippen LogP contribution is -2.45. The number of benzene rings is 1. The van der Waals surface area contributed by atoms with Gasteiger partial charge in [-0.05, 0) is 43.5 Å². The van der Waals surface area contributed by atoms with E-state index in [0.717, 1.165) is 36.6 Å². The number of nitrogens with zero attached hydrogens (tertiary/aromatic N) is 3. The third-order valence-corrected chi connectivity index (χ3v) is 5.65. The van der Waals surface area contributed by atoms with Gasteiger partial charge < -0.3 is 20.3 Å². The van der Waals surface area contributed by atoms with Gasteiger partial charge in [0.1, 0.15) is 10.8 Å². The highest BCUT2D eigenvalue weighted by Crippen LogP contribution is 2.29. The first-order valence-corrected chi connectivity index (χ1v) is 10.2. The Labute approximate surface area is 168 Å². The lowest BCUT2D eigenvalue weighted by atomic mass is 9.99. The number of amides is 3. The Hall–Kier alpha value is -2.68. The number of nitrogens with one attached hydrogen (secondary N) is 2. The van der Waals surface area contributed by atoms with E-state index in [1.807, 2.05) is 11.8 Å². The second-order valence-electron chi connectivity index (χ2n) is 6.65. The van der Waals surface area contributed by atoms with E-state index in [2.05, 4.69) is 20.8 Å². The van der Waals surface area contributed by atoms with Crippen LogP contribution in [0.1, 0.15) is 46.9 Å². The standard InChI is InChI=1S/C19H25N5O3S/c1-3-10-20-19(26)24-11-4-5-13(12-24)17-22-23-18(28-17)16(25)21-14-6-8-15(27-2)9-7-14/h6-9,13H,3-5,10-12H2,1-2H3,(H,20,26)(H,21,25)/t13-/m0/s1. The van der Waals surface area contributed by atoms with Crippen molar-refractivity contribution in [2.45, 2.75) is 32.1 Å². The molecule has 0 unspecified atom stereocenters. The maximum atomic E-state index is 12.4. The van der Waals surface area contributed by atoms with Crippen molar-refractivity contribution in [1.29, 1.82) is 0 Å². The van der Waals surface area contributed by atoms with E-state index in [4.69, 9.17) is 4.74 Å². The number of rotatable bonds is 6. The molecule has 1 aliphatic heterocycles. The third-order valence-electron chi connectivity index (χ3n) is 4.57. The lowest BCUT2D eigenvalue weighted by Gasteiger charge is -2.31. The molecule has 2 N–H and O–H groups in total. The summed E-state index contributed by atoms with van der Waals surface area (Å²) in [4.78, 5) is 26.5. The molecule has 3 rings (SSSR count). The maximum absolute atomic E-state index is 12.4. The number of aromatic nitrogens is 2. The van der Waals surface area contributed by atoms with Gasteiger partial charge in [-0.25, -0.2) is 4.79 Å². The van der Waals surface area contributed by atoms with Crippen LogP contribution >= 0.6 is 11.3 Å². The fraction of sp³-hybridized carbons (Fsp3) is 0.474. The summed E-state index contributed by atoms with van der Waals surface area (Å²) in [5, 5.41) is 15.1. The van der Waals surface area contributed by atoms with Crippen molar-refractivity contribution in [3.63, 3.8) is 0 Å². The zero-order valence-electron chi connectivity index (χ0n) is 16.1. The molecular weight excluding hydrogens is 378 g/mol. The van der Waals surface area contributed by atoms with E-state index in [0.29, 0.717) is 23.8 Å². The van der Waals surface area contributed by atoms with Crippen molar-refractivity contribution in [2.24, 2.45) is 0 Å². The highest BCUT2D eigenvalue weighted by molar-refractivity contribution is 7.13. The molecule has 1 atom stereocenters. The highest BCUT2D eigenvalue weighted by Gasteiger charge is 2.28. The maximum Gasteiger partial charge on any atom is 0.317 e. The lowest BCUT2D eigenvalue weighted by molar-refractivity contribution is 0.102. The monoisotopic (exact) mass is 403 g/mol. The predicted molar refractivity (Wildman–Crippen MR) is 108 cm³/mol. The van der Waals surface area contributed by atoms with E-state index in [9.17, 15) is 9.59 Å². The second kappa shape index (κ2) is 9.50. The minimum absolute atomic E-state index is 0.0338. The molecule has 8 nitrogen and oxygen atoms in total. The quantitative estimate of drug-likeness (QED) is 0.773. The molecule has 0 bridgehead atoms. The van der Waals surface area contributed by atoms with Crippen LogP contribution in [-0.4, -0.2) is 53.8 Å². The zero-order valence-corrected chi connectivity index (χ0v) is 16.9. The number of piperidine rings is 1. The summed E-state index contributed by atoms with van der Waals surface area (Å²) in [5.41, 5.74) is 0.666. The largest absolute Gasteiger partial charge is 0.497 e. The average Bonchev–Trinajstić information content (AvgIpc) is 3.23. The van der Waals surface area contributed by atoms with Crippen molar-refractivity contribution in [2.75, 3.05) is 32.1 Å². The van der Waals surface area contributed by atoms with Gasteiger partial charge in [0.2, 0.25) is 5.01 Å². The van der Waals surface area contributed by atoms with Gasteiger partial charge in [0.15, 0.2) is 0 Å². The fourth-order valence-corrected chi connectivity index (χ4v) is 3.92. The molecule has 1 fully saturated rings. The third kappa shape index (κ3) is 4.98. The van der Waals surface area contributed by atoms with Crippen LogP contribution in [-0.2, 0) is 0 Å². The van der Waals surface area contributed by atoms with E-state index in [1.165, 1.54) is 11.3 Å². The molecule has 0 spiro atoms. The van der Waals surface area contributed by atoms with Crippen LogP contribution < -0.4 is 15.4 Å². The number of anilines is 1. The Balaban J connectivity index is 1.60. The van der Waals surface area contributed by atoms with Gasteiger partial charge in [0, 0.05) is 31.2 Å². The van der Waals surface area contributed by atoms with E-state index in [1.54, 1.807) is 31.4 Å². The van der Waals surface area contributed by atoms with Crippen LogP contribution in [0.5, 0.6) is 5.75 Å². The summed E-state index contributed by atoms with van der Waals surface area (Å²) >= 11 is 1.29. The summed E-state index contributed by atoms with van der Waals surface area (Å²) < 4.78 is 5.11. The van der Waals surface area contributed by atoms with E-state index in [-0.39, 0.29) is 17.9 Å². The Morgan fingerprint density at radius 3 is 2.79 bits per heavy atom. The van der Waals surface area contributed by atoms with E-state index >= 15 is 0 Å². The Morgan fingerprint density at radius 1 is 1.29 bits per heavy atom. The second-order valence-corrected chi connectivity index (χ2v) is 7.65. The van der Waals surface area contributed by atoms with Crippen molar-refractivity contribution in [3.8, 4) is 5.75 Å². The van der Waals surface area contributed by atoms with Crippen molar-refractivity contribution in [1.82, 2.24) is 20.4 Å². The molecule has 0 aliphatic carbocycles. The molecule has 9 heteroatoms. The van der Waals surface area contributed by atoms with Gasteiger partial charge in [0.05, 0.1) is 7.11 Å². The smallest absolute Gasteiger partial charge is 0.317 e. The summed E-state index contributed by atoms with van der Waals surface area (Å²) in [6.07, 6.45) is 2.76. The number of hydrogen-bond donors (Lipinski definition) is 2. The molecule has 2 aromatic rings. The normalized spacial score (nSPS) is 16.5. The van der Waals surface area contributed by atoms with Crippen molar-refractivity contribution >= 4 is 29.0 Å². The molecule has 1 aliphatic rings. The number of likely N-dealkylation sites (tertiary alicyclic amines) is 1. The first-order chi connectivity index (χ1) is 13.6. The summed E-state index contributed by atoms with van der Waals surface area (Å²) in [6, 6.07) is 7.07. The van der Waals surface area contributed by atoms with Gasteiger partial charge in [-0.1, -0.05) is 18.3 Å². The number of carbonyl (C=O) groups excluding carboxylic acids is 2. The van der Waals surface area contributed by atoms with Crippen LogP contribution in [0, 0.1) is 0 Å². The molecule has 3 amide bonds.